The minimum Gasteiger partial charge on any atom is -0.341 e. The molecule has 0 aromatic heterocycles. The maximum absolute atomic E-state index is 12.4. The molecule has 3 rings (SSSR count). The van der Waals surface area contributed by atoms with Gasteiger partial charge < -0.3 is 20.0 Å². The van der Waals surface area contributed by atoms with E-state index in [0.717, 1.165) is 45.3 Å². The zero-order chi connectivity index (χ0) is 14.1. The van der Waals surface area contributed by atoms with E-state index in [2.05, 4.69) is 5.32 Å². The van der Waals surface area contributed by atoms with Crippen LogP contribution in [0.1, 0.15) is 25.7 Å². The third kappa shape index (κ3) is 2.75. The molecule has 0 spiro atoms. The van der Waals surface area contributed by atoms with E-state index in [0.29, 0.717) is 18.6 Å². The first-order valence-electron chi connectivity index (χ1n) is 7.69. The number of carbonyl (C=O) groups excluding carboxylic acids is 2. The fourth-order valence-electron chi connectivity index (χ4n) is 3.15. The zero-order valence-electron chi connectivity index (χ0n) is 12.2. The van der Waals surface area contributed by atoms with Gasteiger partial charge >= 0.3 is 6.03 Å². The number of hydrogen-bond acceptors (Lipinski definition) is 3. The lowest BCUT2D eigenvalue weighted by molar-refractivity contribution is -0.130. The van der Waals surface area contributed by atoms with Gasteiger partial charge in [0.15, 0.2) is 0 Å². The summed E-state index contributed by atoms with van der Waals surface area (Å²) in [5.41, 5.74) is 0. The summed E-state index contributed by atoms with van der Waals surface area (Å²) in [5, 5.41) is 3.32. The van der Waals surface area contributed by atoms with Crippen molar-refractivity contribution in [1.82, 2.24) is 20.0 Å². The van der Waals surface area contributed by atoms with Crippen LogP contribution in [0.3, 0.4) is 0 Å². The van der Waals surface area contributed by atoms with E-state index < -0.39 is 0 Å². The van der Waals surface area contributed by atoms with Gasteiger partial charge in [-0.15, -0.1) is 0 Å². The number of likely N-dealkylation sites (N-methyl/N-ethyl adjacent to an activating group) is 1. The topological polar surface area (TPSA) is 55.9 Å². The summed E-state index contributed by atoms with van der Waals surface area (Å²) < 4.78 is 0. The molecule has 0 aromatic carbocycles. The SMILES string of the molecule is CN(C(=O)CN1CCN(C2CCNCC2)C1=O)C1CC1. The van der Waals surface area contributed by atoms with Gasteiger partial charge in [0.05, 0.1) is 0 Å². The van der Waals surface area contributed by atoms with E-state index in [1.54, 1.807) is 9.80 Å². The van der Waals surface area contributed by atoms with E-state index in [1.165, 1.54) is 0 Å². The van der Waals surface area contributed by atoms with Crippen LogP contribution in [-0.2, 0) is 4.79 Å². The van der Waals surface area contributed by atoms with Gasteiger partial charge in [-0.05, 0) is 38.8 Å². The van der Waals surface area contributed by atoms with Gasteiger partial charge in [0.2, 0.25) is 5.91 Å². The van der Waals surface area contributed by atoms with Crippen LogP contribution in [-0.4, -0.2) is 78.5 Å². The number of nitrogens with one attached hydrogen (secondary N) is 1. The summed E-state index contributed by atoms with van der Waals surface area (Å²) in [6, 6.07) is 0.820. The second kappa shape index (κ2) is 5.60. The lowest BCUT2D eigenvalue weighted by Crippen LogP contribution is -2.46. The highest BCUT2D eigenvalue weighted by atomic mass is 16.2. The van der Waals surface area contributed by atoms with Gasteiger partial charge in [-0.3, -0.25) is 4.79 Å². The van der Waals surface area contributed by atoms with Gasteiger partial charge in [-0.25, -0.2) is 4.79 Å². The summed E-state index contributed by atoms with van der Waals surface area (Å²) in [7, 11) is 1.85. The number of amides is 3. The van der Waals surface area contributed by atoms with Gasteiger partial charge in [0.25, 0.3) is 0 Å². The lowest BCUT2D eigenvalue weighted by Gasteiger charge is -2.31. The molecule has 3 aliphatic rings. The molecular formula is C14H24N4O2. The van der Waals surface area contributed by atoms with Crippen LogP contribution in [0, 0.1) is 0 Å². The molecule has 0 radical (unpaired) electrons. The summed E-state index contributed by atoms with van der Waals surface area (Å²) in [6.07, 6.45) is 4.26. The van der Waals surface area contributed by atoms with Gasteiger partial charge in [-0.2, -0.15) is 0 Å². The minimum atomic E-state index is 0.0504. The lowest BCUT2D eigenvalue weighted by atomic mass is 10.1. The second-order valence-electron chi connectivity index (χ2n) is 6.11. The molecule has 0 atom stereocenters. The van der Waals surface area contributed by atoms with E-state index >= 15 is 0 Å². The Kier molecular flexibility index (Phi) is 3.83. The summed E-state index contributed by atoms with van der Waals surface area (Å²) in [5.74, 6) is 0.0769. The summed E-state index contributed by atoms with van der Waals surface area (Å²) in [4.78, 5) is 30.0. The average molecular weight is 280 g/mol. The molecule has 20 heavy (non-hydrogen) atoms. The Morgan fingerprint density at radius 1 is 1.25 bits per heavy atom. The number of piperidine rings is 1. The van der Waals surface area contributed by atoms with Gasteiger partial charge in [0, 0.05) is 32.2 Å². The Bertz CT molecular complexity index is 391. The van der Waals surface area contributed by atoms with Crippen LogP contribution in [0.2, 0.25) is 0 Å². The smallest absolute Gasteiger partial charge is 0.320 e. The maximum atomic E-state index is 12.4. The van der Waals surface area contributed by atoms with Crippen molar-refractivity contribution in [2.45, 2.75) is 37.8 Å². The van der Waals surface area contributed by atoms with Crippen LogP contribution < -0.4 is 5.32 Å². The number of hydrogen-bond donors (Lipinski definition) is 1. The highest BCUT2D eigenvalue weighted by molar-refractivity contribution is 5.85. The first-order valence-corrected chi connectivity index (χ1v) is 7.69. The quantitative estimate of drug-likeness (QED) is 0.794. The van der Waals surface area contributed by atoms with Crippen LogP contribution in [0.15, 0.2) is 0 Å². The van der Waals surface area contributed by atoms with E-state index in [1.807, 2.05) is 11.9 Å². The highest BCUT2D eigenvalue weighted by Crippen LogP contribution is 2.26. The molecule has 1 aliphatic carbocycles. The van der Waals surface area contributed by atoms with Crippen molar-refractivity contribution in [1.29, 1.82) is 0 Å². The molecule has 6 heteroatoms. The molecule has 2 heterocycles. The molecule has 0 unspecified atom stereocenters. The Balaban J connectivity index is 1.53. The van der Waals surface area contributed by atoms with Crippen LogP contribution in [0.4, 0.5) is 4.79 Å². The van der Waals surface area contributed by atoms with Crippen molar-refractivity contribution in [2.75, 3.05) is 39.8 Å². The molecule has 112 valence electrons. The predicted molar refractivity (Wildman–Crippen MR) is 75.4 cm³/mol. The predicted octanol–water partition coefficient (Wildman–Crippen LogP) is 0.0968. The minimum absolute atomic E-state index is 0.0504. The van der Waals surface area contributed by atoms with Crippen LogP contribution in [0.25, 0.3) is 0 Å². The molecule has 1 N–H and O–H groups in total. The van der Waals surface area contributed by atoms with Crippen LogP contribution in [0.5, 0.6) is 0 Å². The Morgan fingerprint density at radius 3 is 2.60 bits per heavy atom. The molecule has 3 amide bonds. The largest absolute Gasteiger partial charge is 0.341 e. The molecule has 2 aliphatic heterocycles. The number of carbonyl (C=O) groups is 2. The van der Waals surface area contributed by atoms with Crippen molar-refractivity contribution < 1.29 is 9.59 Å². The third-order valence-corrected chi connectivity index (χ3v) is 4.69. The molecule has 3 fully saturated rings. The molecule has 1 saturated carbocycles. The van der Waals surface area contributed by atoms with Crippen molar-refractivity contribution in [3.05, 3.63) is 0 Å². The average Bonchev–Trinajstić information content (AvgIpc) is 3.25. The molecule has 2 saturated heterocycles. The van der Waals surface area contributed by atoms with E-state index in [-0.39, 0.29) is 18.5 Å². The fourth-order valence-corrected chi connectivity index (χ4v) is 3.15. The summed E-state index contributed by atoms with van der Waals surface area (Å²) in [6.45, 7) is 3.67. The molecule has 0 aromatic rings. The zero-order valence-corrected chi connectivity index (χ0v) is 12.2. The van der Waals surface area contributed by atoms with Crippen molar-refractivity contribution in [2.24, 2.45) is 0 Å². The van der Waals surface area contributed by atoms with E-state index in [9.17, 15) is 9.59 Å². The normalized spacial score (nSPS) is 24.4. The molecule has 6 nitrogen and oxygen atoms in total. The van der Waals surface area contributed by atoms with Gasteiger partial charge in [-0.1, -0.05) is 0 Å². The van der Waals surface area contributed by atoms with Crippen molar-refractivity contribution in [3.8, 4) is 0 Å². The van der Waals surface area contributed by atoms with Crippen molar-refractivity contribution in [3.63, 3.8) is 0 Å². The molecule has 0 bridgehead atoms. The second-order valence-corrected chi connectivity index (χ2v) is 6.11. The third-order valence-electron chi connectivity index (χ3n) is 4.69. The van der Waals surface area contributed by atoms with Crippen molar-refractivity contribution >= 4 is 11.9 Å². The Morgan fingerprint density at radius 2 is 1.95 bits per heavy atom. The van der Waals surface area contributed by atoms with E-state index in [4.69, 9.17) is 0 Å². The number of nitrogens with zero attached hydrogens (tertiary/aromatic N) is 3. The fraction of sp³-hybridized carbons (Fsp3) is 0.857. The Hall–Kier alpha value is -1.30. The maximum Gasteiger partial charge on any atom is 0.320 e. The summed E-state index contributed by atoms with van der Waals surface area (Å²) >= 11 is 0. The monoisotopic (exact) mass is 280 g/mol. The van der Waals surface area contributed by atoms with Gasteiger partial charge in [0.1, 0.15) is 6.54 Å². The molecular weight excluding hydrogens is 256 g/mol. The number of urea groups is 1. The first kappa shape index (κ1) is 13.7. The Labute approximate surface area is 120 Å². The standard InChI is InChI=1S/C14H24N4O2/c1-16(11-2-3-11)13(19)10-17-8-9-18(14(17)20)12-4-6-15-7-5-12/h11-12,15H,2-10H2,1H3. The van der Waals surface area contributed by atoms with Crippen LogP contribution >= 0.6 is 0 Å². The highest BCUT2D eigenvalue weighted by Gasteiger charge is 2.37. The number of rotatable bonds is 4. The first-order chi connectivity index (χ1) is 9.66.